The van der Waals surface area contributed by atoms with Crippen molar-refractivity contribution < 1.29 is 13.2 Å². The summed E-state index contributed by atoms with van der Waals surface area (Å²) in [6.07, 6.45) is 1.36. The van der Waals surface area contributed by atoms with Gasteiger partial charge in [-0.3, -0.25) is 0 Å². The number of sulfonamides is 1. The van der Waals surface area contributed by atoms with Gasteiger partial charge in [0.25, 0.3) is 0 Å². The van der Waals surface area contributed by atoms with Crippen molar-refractivity contribution in [3.63, 3.8) is 0 Å². The summed E-state index contributed by atoms with van der Waals surface area (Å²) in [6, 6.07) is 2.52. The molecule has 80 valence electrons. The van der Waals surface area contributed by atoms with Gasteiger partial charge in [-0.1, -0.05) is 0 Å². The Balaban J connectivity index is 3.52. The third-order valence-electron chi connectivity index (χ3n) is 1.48. The standard InChI is InChI=1S/C7H4Br2N2O3S/c8-5-1-4(15(10,13)14)2-6(9)7(5)11-3-12/h1-2H,(H2,10,13,14). The number of carbonyl (C=O) groups excluding carboxylic acids is 1. The molecule has 0 bridgehead atoms. The van der Waals surface area contributed by atoms with Crippen LogP contribution in [0, 0.1) is 0 Å². The molecule has 0 aromatic heterocycles. The zero-order valence-corrected chi connectivity index (χ0v) is 11.1. The first kappa shape index (κ1) is 12.5. The molecule has 1 aromatic rings. The molecule has 0 saturated carbocycles. The summed E-state index contributed by atoms with van der Waals surface area (Å²) >= 11 is 6.14. The van der Waals surface area contributed by atoms with E-state index in [2.05, 4.69) is 36.9 Å². The zero-order valence-electron chi connectivity index (χ0n) is 7.07. The maximum Gasteiger partial charge on any atom is 0.240 e. The van der Waals surface area contributed by atoms with Crippen molar-refractivity contribution in [2.75, 3.05) is 0 Å². The van der Waals surface area contributed by atoms with Crippen LogP contribution in [-0.2, 0) is 14.8 Å². The van der Waals surface area contributed by atoms with Crippen LogP contribution >= 0.6 is 31.9 Å². The maximum atomic E-state index is 11.0. The van der Waals surface area contributed by atoms with Crippen molar-refractivity contribution in [1.82, 2.24) is 0 Å². The molecule has 0 aliphatic carbocycles. The first-order valence-corrected chi connectivity index (χ1v) is 6.59. The first-order chi connectivity index (χ1) is 6.86. The summed E-state index contributed by atoms with van der Waals surface area (Å²) in [7, 11) is -3.78. The number of hydrogen-bond donors (Lipinski definition) is 1. The second-order valence-electron chi connectivity index (χ2n) is 2.48. The number of primary sulfonamides is 1. The van der Waals surface area contributed by atoms with Crippen LogP contribution < -0.4 is 5.14 Å². The summed E-state index contributed by atoms with van der Waals surface area (Å²) in [5, 5.41) is 4.94. The minimum Gasteiger partial charge on any atom is -0.225 e. The summed E-state index contributed by atoms with van der Waals surface area (Å²) < 4.78 is 22.7. The number of nitrogens with zero attached hydrogens (tertiary/aromatic N) is 1. The third-order valence-corrected chi connectivity index (χ3v) is 3.58. The number of halogens is 2. The molecule has 1 rings (SSSR count). The van der Waals surface area contributed by atoms with Gasteiger partial charge in [0.15, 0.2) is 0 Å². The van der Waals surface area contributed by atoms with Gasteiger partial charge in [0, 0.05) is 8.95 Å². The predicted octanol–water partition coefficient (Wildman–Crippen LogP) is 1.83. The van der Waals surface area contributed by atoms with E-state index in [0.29, 0.717) is 8.95 Å². The molecule has 8 heteroatoms. The van der Waals surface area contributed by atoms with Gasteiger partial charge in [0.05, 0.1) is 4.90 Å². The lowest BCUT2D eigenvalue weighted by Crippen LogP contribution is -2.12. The molecule has 0 spiro atoms. The molecule has 5 nitrogen and oxygen atoms in total. The van der Waals surface area contributed by atoms with Gasteiger partial charge < -0.3 is 0 Å². The minimum absolute atomic E-state index is 0.0777. The van der Waals surface area contributed by atoms with Gasteiger partial charge in [-0.2, -0.15) is 4.99 Å². The van der Waals surface area contributed by atoms with Crippen LogP contribution in [0.15, 0.2) is 31.0 Å². The van der Waals surface area contributed by atoms with E-state index in [1.165, 1.54) is 18.2 Å². The Hall–Kier alpha value is -0.530. The van der Waals surface area contributed by atoms with Crippen molar-refractivity contribution in [3.05, 3.63) is 21.1 Å². The highest BCUT2D eigenvalue weighted by atomic mass is 79.9. The fourth-order valence-electron chi connectivity index (χ4n) is 0.859. The molecular formula is C7H4Br2N2O3S. The second kappa shape index (κ2) is 4.54. The van der Waals surface area contributed by atoms with Crippen LogP contribution in [0.25, 0.3) is 0 Å². The van der Waals surface area contributed by atoms with Crippen LogP contribution in [0.5, 0.6) is 0 Å². The largest absolute Gasteiger partial charge is 0.240 e. The van der Waals surface area contributed by atoms with E-state index in [1.807, 2.05) is 0 Å². The van der Waals surface area contributed by atoms with Gasteiger partial charge in [0.1, 0.15) is 5.69 Å². The summed E-state index contributed by atoms with van der Waals surface area (Å²) in [5.74, 6) is 0. The van der Waals surface area contributed by atoms with E-state index in [-0.39, 0.29) is 10.6 Å². The molecule has 0 unspecified atom stereocenters. The monoisotopic (exact) mass is 354 g/mol. The average molecular weight is 356 g/mol. The molecule has 1 aromatic carbocycles. The smallest absolute Gasteiger partial charge is 0.225 e. The Labute approximate surface area is 103 Å². The van der Waals surface area contributed by atoms with Gasteiger partial charge in [-0.05, 0) is 44.0 Å². The minimum atomic E-state index is -3.78. The first-order valence-electron chi connectivity index (χ1n) is 3.46. The Morgan fingerprint density at radius 3 is 2.07 bits per heavy atom. The molecule has 0 amide bonds. The Kier molecular flexibility index (Phi) is 3.80. The number of hydrogen-bond acceptors (Lipinski definition) is 4. The van der Waals surface area contributed by atoms with E-state index >= 15 is 0 Å². The number of nitrogens with two attached hydrogens (primary N) is 1. The van der Waals surface area contributed by atoms with Crippen LogP contribution in [0.1, 0.15) is 0 Å². The Bertz CT molecular complexity index is 526. The topological polar surface area (TPSA) is 89.6 Å². The second-order valence-corrected chi connectivity index (χ2v) is 5.75. The van der Waals surface area contributed by atoms with Crippen LogP contribution in [0.2, 0.25) is 0 Å². The molecule has 0 aliphatic rings. The van der Waals surface area contributed by atoms with Crippen molar-refractivity contribution in [2.24, 2.45) is 10.1 Å². The highest BCUT2D eigenvalue weighted by molar-refractivity contribution is 9.11. The highest BCUT2D eigenvalue weighted by Gasteiger charge is 2.13. The highest BCUT2D eigenvalue weighted by Crippen LogP contribution is 2.35. The predicted molar refractivity (Wildman–Crippen MR) is 61.0 cm³/mol. The number of rotatable bonds is 2. The summed E-state index contributed by atoms with van der Waals surface area (Å²) in [4.78, 5) is 13.4. The summed E-state index contributed by atoms with van der Waals surface area (Å²) in [6.45, 7) is 0. The van der Waals surface area contributed by atoms with Crippen LogP contribution in [-0.4, -0.2) is 14.5 Å². The van der Waals surface area contributed by atoms with Crippen molar-refractivity contribution >= 4 is 53.7 Å². The van der Waals surface area contributed by atoms with Crippen molar-refractivity contribution in [1.29, 1.82) is 0 Å². The normalized spacial score (nSPS) is 10.9. The molecular weight excluding hydrogens is 352 g/mol. The van der Waals surface area contributed by atoms with E-state index in [0.717, 1.165) is 0 Å². The third kappa shape index (κ3) is 2.96. The molecule has 0 radical (unpaired) electrons. The van der Waals surface area contributed by atoms with E-state index in [4.69, 9.17) is 5.14 Å². The maximum absolute atomic E-state index is 11.0. The molecule has 2 N–H and O–H groups in total. The SMILES string of the molecule is NS(=O)(=O)c1cc(Br)c(N=C=O)c(Br)c1. The Morgan fingerprint density at radius 1 is 1.27 bits per heavy atom. The molecule has 15 heavy (non-hydrogen) atoms. The molecule has 0 fully saturated rings. The lowest BCUT2D eigenvalue weighted by Gasteiger charge is -2.03. The molecule has 0 aliphatic heterocycles. The fraction of sp³-hybridized carbons (Fsp3) is 0. The number of isocyanates is 1. The van der Waals surface area contributed by atoms with E-state index in [1.54, 1.807) is 0 Å². The molecule has 0 heterocycles. The average Bonchev–Trinajstić information content (AvgIpc) is 2.09. The lowest BCUT2D eigenvalue weighted by molar-refractivity contribution is 0.565. The van der Waals surface area contributed by atoms with Gasteiger partial charge >= 0.3 is 0 Å². The van der Waals surface area contributed by atoms with E-state index < -0.39 is 10.0 Å². The number of benzene rings is 1. The van der Waals surface area contributed by atoms with Crippen LogP contribution in [0.4, 0.5) is 5.69 Å². The molecule has 0 atom stereocenters. The van der Waals surface area contributed by atoms with Gasteiger partial charge in [-0.15, -0.1) is 0 Å². The van der Waals surface area contributed by atoms with Gasteiger partial charge in [-0.25, -0.2) is 18.4 Å². The number of aliphatic imine (C=N–C) groups is 1. The fourth-order valence-corrected chi connectivity index (χ4v) is 3.09. The zero-order chi connectivity index (χ0) is 11.6. The van der Waals surface area contributed by atoms with Crippen molar-refractivity contribution in [3.8, 4) is 0 Å². The lowest BCUT2D eigenvalue weighted by atomic mass is 10.3. The van der Waals surface area contributed by atoms with Crippen LogP contribution in [0.3, 0.4) is 0 Å². The Morgan fingerprint density at radius 2 is 1.73 bits per heavy atom. The van der Waals surface area contributed by atoms with E-state index in [9.17, 15) is 13.2 Å². The molecule has 0 saturated heterocycles. The summed E-state index contributed by atoms with van der Waals surface area (Å²) in [5.41, 5.74) is 0.261. The van der Waals surface area contributed by atoms with Crippen molar-refractivity contribution in [2.45, 2.75) is 4.90 Å². The van der Waals surface area contributed by atoms with Gasteiger partial charge in [0.2, 0.25) is 16.1 Å². The quantitative estimate of drug-likeness (QED) is 0.648.